The number of carboxylic acid groups (broad SMARTS) is 1. The Hall–Kier alpha value is -2.79. The largest absolute Gasteiger partial charge is 0.489 e. The highest BCUT2D eigenvalue weighted by Gasteiger charge is 2.34. The van der Waals surface area contributed by atoms with Crippen molar-refractivity contribution in [1.29, 1.82) is 0 Å². The lowest BCUT2D eigenvalue weighted by Gasteiger charge is -2.36. The maximum atomic E-state index is 11.2. The zero-order valence-electron chi connectivity index (χ0n) is 17.1. The Morgan fingerprint density at radius 2 is 1.86 bits per heavy atom. The van der Waals surface area contributed by atoms with Crippen LogP contribution >= 0.6 is 0 Å². The van der Waals surface area contributed by atoms with Gasteiger partial charge in [0.15, 0.2) is 0 Å². The summed E-state index contributed by atoms with van der Waals surface area (Å²) in [6.07, 6.45) is 4.85. The standard InChI is InChI=1S/C24H27NO4/c1-14-12-15(2)23(19-10-11-25-22(14)19)29-21-9-8-18(28-3)13-20(21)16-4-6-17(7-5-16)24(26)27/h4-7,10-12,18,20-21,25H,8-9,13H2,1-3H3,(H,26,27)/t18-,20-,21?/m0/s1. The van der Waals surface area contributed by atoms with Gasteiger partial charge in [0.05, 0.1) is 17.2 Å². The average molecular weight is 393 g/mol. The van der Waals surface area contributed by atoms with Crippen molar-refractivity contribution in [2.24, 2.45) is 0 Å². The van der Waals surface area contributed by atoms with Crippen LogP contribution in [0.1, 0.15) is 52.2 Å². The SMILES string of the molecule is CO[C@H]1CCC(Oc2c(C)cc(C)c3[nH]ccc23)[C@H](c2ccc(C(=O)O)cc2)C1. The summed E-state index contributed by atoms with van der Waals surface area (Å²) in [5, 5.41) is 10.3. The molecule has 29 heavy (non-hydrogen) atoms. The maximum Gasteiger partial charge on any atom is 0.335 e. The van der Waals surface area contributed by atoms with Gasteiger partial charge in [-0.15, -0.1) is 0 Å². The number of methoxy groups -OCH3 is 1. The van der Waals surface area contributed by atoms with Crippen LogP contribution in [0.3, 0.4) is 0 Å². The van der Waals surface area contributed by atoms with E-state index in [-0.39, 0.29) is 18.1 Å². The van der Waals surface area contributed by atoms with Crippen LogP contribution in [-0.2, 0) is 4.74 Å². The Morgan fingerprint density at radius 3 is 2.55 bits per heavy atom. The first-order valence-corrected chi connectivity index (χ1v) is 10.1. The summed E-state index contributed by atoms with van der Waals surface area (Å²) < 4.78 is 12.3. The number of nitrogens with one attached hydrogen (secondary N) is 1. The summed E-state index contributed by atoms with van der Waals surface area (Å²) in [6, 6.07) is 11.4. The highest BCUT2D eigenvalue weighted by molar-refractivity contribution is 5.90. The number of H-pyrrole nitrogens is 1. The lowest BCUT2D eigenvalue weighted by Crippen LogP contribution is -2.35. The van der Waals surface area contributed by atoms with Crippen LogP contribution in [0.25, 0.3) is 10.9 Å². The Bertz CT molecular complexity index is 1020. The average Bonchev–Trinajstić information content (AvgIpc) is 3.21. The zero-order chi connectivity index (χ0) is 20.5. The maximum absolute atomic E-state index is 11.2. The fourth-order valence-electron chi connectivity index (χ4n) is 4.55. The van der Waals surface area contributed by atoms with E-state index in [9.17, 15) is 9.90 Å². The Kier molecular flexibility index (Phi) is 5.33. The number of hydrogen-bond acceptors (Lipinski definition) is 3. The van der Waals surface area contributed by atoms with Crippen molar-refractivity contribution >= 4 is 16.9 Å². The molecule has 5 heteroatoms. The Balaban J connectivity index is 1.68. The molecule has 3 aromatic rings. The van der Waals surface area contributed by atoms with Crippen LogP contribution in [0.2, 0.25) is 0 Å². The third-order valence-electron chi connectivity index (χ3n) is 6.10. The molecule has 0 saturated heterocycles. The molecule has 4 rings (SSSR count). The molecule has 2 N–H and O–H groups in total. The molecule has 2 aromatic carbocycles. The number of aryl methyl sites for hydroxylation is 2. The first-order chi connectivity index (χ1) is 14.0. The molecule has 1 unspecified atom stereocenters. The number of carboxylic acids is 1. The van der Waals surface area contributed by atoms with Crippen molar-refractivity contribution in [2.45, 2.75) is 51.2 Å². The molecule has 0 bridgehead atoms. The minimum Gasteiger partial charge on any atom is -0.489 e. The first kappa shape index (κ1) is 19.5. The van der Waals surface area contributed by atoms with Gasteiger partial charge in [-0.2, -0.15) is 0 Å². The van der Waals surface area contributed by atoms with Gasteiger partial charge >= 0.3 is 5.97 Å². The summed E-state index contributed by atoms with van der Waals surface area (Å²) >= 11 is 0. The van der Waals surface area contributed by atoms with Crippen LogP contribution in [0.15, 0.2) is 42.6 Å². The number of hydrogen-bond donors (Lipinski definition) is 2. The lowest BCUT2D eigenvalue weighted by atomic mass is 9.79. The van der Waals surface area contributed by atoms with Crippen LogP contribution in [0.4, 0.5) is 0 Å². The second-order valence-corrected chi connectivity index (χ2v) is 7.97. The van der Waals surface area contributed by atoms with E-state index < -0.39 is 5.97 Å². The number of rotatable bonds is 5. The van der Waals surface area contributed by atoms with Crippen molar-refractivity contribution in [3.05, 3.63) is 64.8 Å². The molecule has 0 spiro atoms. The second-order valence-electron chi connectivity index (χ2n) is 7.97. The van der Waals surface area contributed by atoms with E-state index in [4.69, 9.17) is 9.47 Å². The van der Waals surface area contributed by atoms with E-state index in [1.807, 2.05) is 18.3 Å². The monoisotopic (exact) mass is 393 g/mol. The quantitative estimate of drug-likeness (QED) is 0.624. The van der Waals surface area contributed by atoms with Crippen molar-refractivity contribution in [1.82, 2.24) is 4.98 Å². The molecule has 0 amide bonds. The van der Waals surface area contributed by atoms with E-state index in [2.05, 4.69) is 31.0 Å². The van der Waals surface area contributed by atoms with Gasteiger partial charge in [0, 0.05) is 24.6 Å². The Morgan fingerprint density at radius 1 is 1.10 bits per heavy atom. The number of aromatic amines is 1. The fourth-order valence-corrected chi connectivity index (χ4v) is 4.55. The predicted octanol–water partition coefficient (Wildman–Crippen LogP) is 5.21. The van der Waals surface area contributed by atoms with Gasteiger partial charge in [-0.3, -0.25) is 0 Å². The number of benzene rings is 2. The number of ether oxygens (including phenoxy) is 2. The van der Waals surface area contributed by atoms with Gasteiger partial charge in [-0.1, -0.05) is 18.2 Å². The topological polar surface area (TPSA) is 71.5 Å². The summed E-state index contributed by atoms with van der Waals surface area (Å²) in [7, 11) is 1.75. The van der Waals surface area contributed by atoms with Crippen molar-refractivity contribution in [2.75, 3.05) is 7.11 Å². The lowest BCUT2D eigenvalue weighted by molar-refractivity contribution is 0.0193. The molecule has 1 saturated carbocycles. The zero-order valence-corrected chi connectivity index (χ0v) is 17.1. The smallest absolute Gasteiger partial charge is 0.335 e. The highest BCUT2D eigenvalue weighted by Crippen LogP contribution is 2.40. The summed E-state index contributed by atoms with van der Waals surface area (Å²) in [5.41, 5.74) is 4.84. The number of carbonyl (C=O) groups is 1. The van der Waals surface area contributed by atoms with Gasteiger partial charge < -0.3 is 19.6 Å². The molecular weight excluding hydrogens is 366 g/mol. The second kappa shape index (κ2) is 7.91. The van der Waals surface area contributed by atoms with E-state index in [1.165, 1.54) is 5.56 Å². The molecule has 0 radical (unpaired) electrons. The molecule has 1 aromatic heterocycles. The van der Waals surface area contributed by atoms with Crippen LogP contribution in [-0.4, -0.2) is 35.4 Å². The molecule has 1 aliphatic rings. The summed E-state index contributed by atoms with van der Waals surface area (Å²) in [6.45, 7) is 4.19. The van der Waals surface area contributed by atoms with E-state index in [0.717, 1.165) is 47.0 Å². The van der Waals surface area contributed by atoms with Crippen molar-refractivity contribution in [3.8, 4) is 5.75 Å². The number of aromatic nitrogens is 1. The summed E-state index contributed by atoms with van der Waals surface area (Å²) in [5.74, 6) is 0.166. The molecule has 5 nitrogen and oxygen atoms in total. The summed E-state index contributed by atoms with van der Waals surface area (Å²) in [4.78, 5) is 14.5. The fraction of sp³-hybridized carbons (Fsp3) is 0.375. The van der Waals surface area contributed by atoms with Gasteiger partial charge in [-0.25, -0.2) is 4.79 Å². The molecule has 0 aliphatic heterocycles. The van der Waals surface area contributed by atoms with Crippen LogP contribution in [0, 0.1) is 13.8 Å². The van der Waals surface area contributed by atoms with Crippen molar-refractivity contribution in [3.63, 3.8) is 0 Å². The molecular formula is C24H27NO4. The van der Waals surface area contributed by atoms with E-state index in [0.29, 0.717) is 5.56 Å². The van der Waals surface area contributed by atoms with Crippen LogP contribution in [0.5, 0.6) is 5.75 Å². The number of aromatic carboxylic acids is 1. The molecule has 3 atom stereocenters. The molecule has 1 fully saturated rings. The van der Waals surface area contributed by atoms with E-state index in [1.54, 1.807) is 19.2 Å². The molecule has 1 heterocycles. The Labute approximate surface area is 170 Å². The third-order valence-corrected chi connectivity index (χ3v) is 6.10. The van der Waals surface area contributed by atoms with Gasteiger partial charge in [0.2, 0.25) is 0 Å². The third kappa shape index (κ3) is 3.75. The first-order valence-electron chi connectivity index (χ1n) is 10.1. The highest BCUT2D eigenvalue weighted by atomic mass is 16.5. The van der Waals surface area contributed by atoms with Gasteiger partial charge in [0.1, 0.15) is 11.9 Å². The minimum atomic E-state index is -0.909. The predicted molar refractivity (Wildman–Crippen MR) is 113 cm³/mol. The normalized spacial score (nSPS) is 22.0. The van der Waals surface area contributed by atoms with Crippen molar-refractivity contribution < 1.29 is 19.4 Å². The molecule has 1 aliphatic carbocycles. The molecule has 152 valence electrons. The number of fused-ring (bicyclic) bond motifs is 1. The van der Waals surface area contributed by atoms with E-state index >= 15 is 0 Å². The van der Waals surface area contributed by atoms with Crippen LogP contribution < -0.4 is 4.74 Å². The minimum absolute atomic E-state index is 0.0107. The van der Waals surface area contributed by atoms with Gasteiger partial charge in [-0.05, 0) is 68.0 Å². The van der Waals surface area contributed by atoms with Gasteiger partial charge in [0.25, 0.3) is 0 Å².